The van der Waals surface area contributed by atoms with Crippen molar-refractivity contribution in [2.45, 2.75) is 22.7 Å². The van der Waals surface area contributed by atoms with Gasteiger partial charge in [-0.2, -0.15) is 0 Å². The zero-order valence-corrected chi connectivity index (χ0v) is 21.7. The molecule has 2 aromatic heterocycles. The summed E-state index contributed by atoms with van der Waals surface area (Å²) in [5.41, 5.74) is 0.657. The Bertz CT molecular complexity index is 1610. The van der Waals surface area contributed by atoms with E-state index in [-0.39, 0.29) is 17.1 Å². The summed E-state index contributed by atoms with van der Waals surface area (Å²) in [7, 11) is 0. The first kappa shape index (κ1) is 24.7. The summed E-state index contributed by atoms with van der Waals surface area (Å²) in [6.07, 6.45) is 0. The van der Waals surface area contributed by atoms with Gasteiger partial charge in [0, 0.05) is 21.4 Å². The van der Waals surface area contributed by atoms with Gasteiger partial charge in [-0.15, -0.1) is 11.3 Å². The summed E-state index contributed by atoms with van der Waals surface area (Å²) in [4.78, 5) is 55.3. The Balaban J connectivity index is 1.38. The Morgan fingerprint density at radius 2 is 1.61 bits per heavy atom. The molecule has 1 N–H and O–H groups in total. The minimum atomic E-state index is -0.826. The van der Waals surface area contributed by atoms with Crippen LogP contribution in [0.2, 0.25) is 0 Å². The average Bonchev–Trinajstić information content (AvgIpc) is 3.59. The molecule has 6 rings (SSSR count). The lowest BCUT2D eigenvalue weighted by Gasteiger charge is -2.29. The molecule has 3 atom stereocenters. The molecule has 0 aliphatic carbocycles. The summed E-state index contributed by atoms with van der Waals surface area (Å²) in [6.45, 7) is -0.312. The highest BCUT2D eigenvalue weighted by molar-refractivity contribution is 8.00. The van der Waals surface area contributed by atoms with E-state index in [1.165, 1.54) is 64.4 Å². The number of fused-ring (bicyclic) bond motifs is 2. The monoisotopic (exact) mass is 569 g/mol. The molecule has 192 valence electrons. The summed E-state index contributed by atoms with van der Waals surface area (Å²) >= 11 is 3.48. The van der Waals surface area contributed by atoms with Crippen LogP contribution in [0.5, 0.6) is 0 Å². The lowest BCUT2D eigenvalue weighted by molar-refractivity contribution is -0.122. The van der Waals surface area contributed by atoms with Crippen LogP contribution >= 0.6 is 34.4 Å². The number of imide groups is 1. The van der Waals surface area contributed by atoms with E-state index in [4.69, 9.17) is 0 Å². The molecule has 1 fully saturated rings. The van der Waals surface area contributed by atoms with E-state index in [0.29, 0.717) is 15.6 Å². The van der Waals surface area contributed by atoms with Crippen molar-refractivity contribution in [3.63, 3.8) is 0 Å². The summed E-state index contributed by atoms with van der Waals surface area (Å²) < 4.78 is 28.1. The Morgan fingerprint density at radius 3 is 2.26 bits per heavy atom. The van der Waals surface area contributed by atoms with E-state index in [2.05, 4.69) is 5.32 Å². The number of anilines is 2. The van der Waals surface area contributed by atoms with Crippen molar-refractivity contribution in [3.05, 3.63) is 97.1 Å². The highest BCUT2D eigenvalue weighted by Crippen LogP contribution is 2.54. The molecule has 3 amide bonds. The predicted molar refractivity (Wildman–Crippen MR) is 142 cm³/mol. The molecule has 0 radical (unpaired) electrons. The van der Waals surface area contributed by atoms with Gasteiger partial charge < -0.3 is 5.32 Å². The van der Waals surface area contributed by atoms with E-state index in [1.54, 1.807) is 0 Å². The molecule has 4 heterocycles. The number of nitrogens with zero attached hydrogens (tertiary/aromatic N) is 2. The van der Waals surface area contributed by atoms with Crippen molar-refractivity contribution >= 4 is 63.5 Å². The minimum Gasteiger partial charge on any atom is -0.325 e. The third kappa shape index (κ3) is 4.18. The number of thiophene rings is 1. The maximum atomic E-state index is 13.7. The van der Waals surface area contributed by atoms with Gasteiger partial charge in [0.1, 0.15) is 23.4 Å². The molecule has 0 spiro atoms. The molecule has 1 saturated heterocycles. The normalized spacial score (nSPS) is 20.4. The van der Waals surface area contributed by atoms with Crippen LogP contribution in [0.3, 0.4) is 0 Å². The minimum absolute atomic E-state index is 0.278. The highest BCUT2D eigenvalue weighted by Gasteiger charge is 2.57. The second-order valence-electron chi connectivity index (χ2n) is 8.72. The highest BCUT2D eigenvalue weighted by atomic mass is 32.2. The maximum Gasteiger partial charge on any atom is 0.308 e. The van der Waals surface area contributed by atoms with Crippen molar-refractivity contribution < 1.29 is 23.2 Å². The standard InChI is InChI=1S/C26H17F2N3O4S3/c27-13-3-7-15(8-4-13)29-18(32)12-30-25-22(38-26(30)35)19(17-2-1-11-36-17)20-21(37-25)24(34)31(23(20)33)16-9-5-14(28)6-10-16/h1-11,19-21H,12H2,(H,29,32)/t19-,20?,21?/m1/s1. The predicted octanol–water partition coefficient (Wildman–Crippen LogP) is 4.68. The zero-order chi connectivity index (χ0) is 26.6. The van der Waals surface area contributed by atoms with E-state index in [1.807, 2.05) is 17.5 Å². The number of carbonyl (C=O) groups excluding carboxylic acids is 3. The number of halogens is 2. The van der Waals surface area contributed by atoms with E-state index >= 15 is 0 Å². The molecular formula is C26H17F2N3O4S3. The number of nitrogens with one attached hydrogen (secondary N) is 1. The van der Waals surface area contributed by atoms with Crippen LogP contribution in [0, 0.1) is 17.6 Å². The van der Waals surface area contributed by atoms with Gasteiger partial charge in [-0.25, -0.2) is 13.7 Å². The Hall–Kier alpha value is -3.61. The molecule has 2 aliphatic rings. The third-order valence-corrected chi connectivity index (χ3v) is 9.97. The first-order valence-electron chi connectivity index (χ1n) is 11.4. The third-order valence-electron chi connectivity index (χ3n) is 6.41. The van der Waals surface area contributed by atoms with E-state index < -0.39 is 46.4 Å². The second kappa shape index (κ2) is 9.61. The number of amides is 3. The summed E-state index contributed by atoms with van der Waals surface area (Å²) in [6, 6.07) is 14.1. The van der Waals surface area contributed by atoms with Crippen LogP contribution in [0.25, 0.3) is 0 Å². The van der Waals surface area contributed by atoms with Crippen molar-refractivity contribution in [1.82, 2.24) is 4.57 Å². The average molecular weight is 570 g/mol. The first-order valence-corrected chi connectivity index (χ1v) is 14.0. The first-order chi connectivity index (χ1) is 18.3. The van der Waals surface area contributed by atoms with Gasteiger partial charge in [0.15, 0.2) is 0 Å². The molecule has 2 unspecified atom stereocenters. The lowest BCUT2D eigenvalue weighted by Crippen LogP contribution is -2.32. The molecule has 2 aromatic carbocycles. The van der Waals surface area contributed by atoms with Gasteiger partial charge in [-0.1, -0.05) is 29.2 Å². The van der Waals surface area contributed by atoms with Crippen LogP contribution < -0.4 is 15.1 Å². The fourth-order valence-corrected chi connectivity index (χ4v) is 8.47. The zero-order valence-electron chi connectivity index (χ0n) is 19.3. The fraction of sp³-hybridized carbons (Fsp3) is 0.154. The SMILES string of the molecule is O=C(Cn1c2c(sc1=O)[C@H](c1cccs1)C1C(=O)N(c3ccc(F)cc3)C(=O)C1S2)Nc1ccc(F)cc1. The van der Waals surface area contributed by atoms with E-state index in [0.717, 1.165) is 32.9 Å². The van der Waals surface area contributed by atoms with Crippen molar-refractivity contribution in [2.24, 2.45) is 5.92 Å². The van der Waals surface area contributed by atoms with Gasteiger partial charge in [0.2, 0.25) is 17.7 Å². The largest absolute Gasteiger partial charge is 0.325 e. The van der Waals surface area contributed by atoms with Crippen molar-refractivity contribution in [3.8, 4) is 0 Å². The van der Waals surface area contributed by atoms with Crippen molar-refractivity contribution in [2.75, 3.05) is 10.2 Å². The number of thioether (sulfide) groups is 1. The lowest BCUT2D eigenvalue weighted by atomic mass is 9.87. The molecule has 0 bridgehead atoms. The number of thiazole rings is 1. The Morgan fingerprint density at radius 1 is 0.921 bits per heavy atom. The van der Waals surface area contributed by atoms with Gasteiger partial charge in [-0.05, 0) is 60.0 Å². The smallest absolute Gasteiger partial charge is 0.308 e. The molecule has 12 heteroatoms. The van der Waals surface area contributed by atoms with Gasteiger partial charge in [0.05, 0.1) is 16.6 Å². The molecule has 4 aromatic rings. The van der Waals surface area contributed by atoms with Crippen LogP contribution in [0.1, 0.15) is 15.7 Å². The molecule has 0 saturated carbocycles. The van der Waals surface area contributed by atoms with Crippen LogP contribution in [0.15, 0.2) is 75.9 Å². The number of carbonyl (C=O) groups is 3. The van der Waals surface area contributed by atoms with Gasteiger partial charge in [-0.3, -0.25) is 23.7 Å². The fourth-order valence-electron chi connectivity index (χ4n) is 4.75. The van der Waals surface area contributed by atoms with E-state index in [9.17, 15) is 28.0 Å². The second-order valence-corrected chi connectivity index (χ2v) is 11.8. The number of rotatable bonds is 5. The molecule has 7 nitrogen and oxygen atoms in total. The number of benzene rings is 2. The Kier molecular flexibility index (Phi) is 6.25. The van der Waals surface area contributed by atoms with Crippen LogP contribution in [0.4, 0.5) is 20.2 Å². The van der Waals surface area contributed by atoms with Crippen LogP contribution in [-0.4, -0.2) is 27.5 Å². The molecule has 38 heavy (non-hydrogen) atoms. The topological polar surface area (TPSA) is 88.5 Å². The number of hydrogen-bond donors (Lipinski definition) is 1. The van der Waals surface area contributed by atoms with Crippen molar-refractivity contribution in [1.29, 1.82) is 0 Å². The summed E-state index contributed by atoms with van der Waals surface area (Å²) in [5, 5.41) is 4.15. The van der Waals surface area contributed by atoms with Crippen LogP contribution in [-0.2, 0) is 20.9 Å². The molecule has 2 aliphatic heterocycles. The van der Waals surface area contributed by atoms with Gasteiger partial charge in [0.25, 0.3) is 0 Å². The Labute approximate surface area is 226 Å². The quantitative estimate of drug-likeness (QED) is 0.353. The van der Waals surface area contributed by atoms with Gasteiger partial charge >= 0.3 is 4.87 Å². The summed E-state index contributed by atoms with van der Waals surface area (Å²) in [5.74, 6) is -3.59. The number of hydrogen-bond acceptors (Lipinski definition) is 7. The molecular weight excluding hydrogens is 553 g/mol. The maximum absolute atomic E-state index is 13.7. The number of aromatic nitrogens is 1.